The fourth-order valence-corrected chi connectivity index (χ4v) is 5.83. The molecule has 2 aliphatic rings. The van der Waals surface area contributed by atoms with Crippen molar-refractivity contribution in [2.45, 2.75) is 43.2 Å². The first-order valence-corrected chi connectivity index (χ1v) is 11.4. The number of carbonyl (C=O) groups is 1. The summed E-state index contributed by atoms with van der Waals surface area (Å²) in [7, 11) is -3.71. The monoisotopic (exact) mass is 406 g/mol. The van der Waals surface area contributed by atoms with Gasteiger partial charge in [-0.25, -0.2) is 8.42 Å². The second-order valence-corrected chi connectivity index (χ2v) is 9.94. The van der Waals surface area contributed by atoms with Crippen molar-refractivity contribution in [3.05, 3.63) is 46.2 Å². The Kier molecular flexibility index (Phi) is 5.07. The number of nitrogens with zero attached hydrogens (tertiary/aromatic N) is 1. The molecule has 1 amide bonds. The molecule has 2 aromatic rings. The molecule has 4 rings (SSSR count). The van der Waals surface area contributed by atoms with Crippen molar-refractivity contribution >= 4 is 33.0 Å². The smallest absolute Gasteiger partial charge is 0.243 e. The molecular formula is C19H22N2O4S2. The van der Waals surface area contributed by atoms with Gasteiger partial charge in [0.1, 0.15) is 0 Å². The summed E-state index contributed by atoms with van der Waals surface area (Å²) in [4.78, 5) is 13.1. The van der Waals surface area contributed by atoms with Crippen LogP contribution >= 0.6 is 11.3 Å². The minimum Gasteiger partial charge on any atom is -0.377 e. The first-order valence-electron chi connectivity index (χ1n) is 9.04. The first-order chi connectivity index (χ1) is 12.9. The number of thiophene rings is 1. The zero-order chi connectivity index (χ0) is 19.0. The summed E-state index contributed by atoms with van der Waals surface area (Å²) in [5.74, 6) is -0.451. The van der Waals surface area contributed by atoms with Crippen molar-refractivity contribution in [3.8, 4) is 0 Å². The van der Waals surface area contributed by atoms with Gasteiger partial charge in [-0.15, -0.1) is 11.3 Å². The van der Waals surface area contributed by atoms with Crippen LogP contribution in [0.2, 0.25) is 0 Å². The van der Waals surface area contributed by atoms with Gasteiger partial charge in [0.15, 0.2) is 0 Å². The van der Waals surface area contributed by atoms with E-state index in [4.69, 9.17) is 4.74 Å². The fraction of sp³-hybridized carbons (Fsp3) is 0.421. The number of nitrogens with one attached hydrogen (secondary N) is 1. The SMILES string of the molecule is C[C@H]1C(=O)Nc2ccc(S(=O)(=O)N(Cc3cccs3)C[C@@H]3CCCO3)cc21. The molecule has 1 N–H and O–H groups in total. The molecule has 144 valence electrons. The molecule has 2 atom stereocenters. The van der Waals surface area contributed by atoms with Crippen LogP contribution in [0.1, 0.15) is 36.1 Å². The van der Waals surface area contributed by atoms with Crippen molar-refractivity contribution in [3.63, 3.8) is 0 Å². The van der Waals surface area contributed by atoms with Crippen LogP contribution in [0.4, 0.5) is 5.69 Å². The Hall–Kier alpha value is -1.74. The van der Waals surface area contributed by atoms with E-state index in [1.807, 2.05) is 17.5 Å². The van der Waals surface area contributed by atoms with Gasteiger partial charge >= 0.3 is 0 Å². The van der Waals surface area contributed by atoms with E-state index in [2.05, 4.69) is 5.32 Å². The molecule has 3 heterocycles. The molecule has 0 unspecified atom stereocenters. The highest BCUT2D eigenvalue weighted by Crippen LogP contribution is 2.35. The van der Waals surface area contributed by atoms with Gasteiger partial charge in [-0.05, 0) is 55.0 Å². The quantitative estimate of drug-likeness (QED) is 0.799. The van der Waals surface area contributed by atoms with Gasteiger partial charge < -0.3 is 10.1 Å². The molecule has 0 radical (unpaired) electrons. The van der Waals surface area contributed by atoms with Gasteiger partial charge in [-0.1, -0.05) is 6.07 Å². The lowest BCUT2D eigenvalue weighted by atomic mass is 10.0. The molecule has 8 heteroatoms. The van der Waals surface area contributed by atoms with Crippen molar-refractivity contribution in [1.82, 2.24) is 4.31 Å². The number of anilines is 1. The molecule has 2 aliphatic heterocycles. The second-order valence-electron chi connectivity index (χ2n) is 6.97. The highest BCUT2D eigenvalue weighted by molar-refractivity contribution is 7.89. The largest absolute Gasteiger partial charge is 0.377 e. The van der Waals surface area contributed by atoms with Crippen molar-refractivity contribution < 1.29 is 17.9 Å². The summed E-state index contributed by atoms with van der Waals surface area (Å²) in [5.41, 5.74) is 1.42. The standard InChI is InChI=1S/C19H22N2O4S2/c1-13-17-10-16(6-7-18(17)20-19(13)22)27(23,24)21(11-14-4-2-8-25-14)12-15-5-3-9-26-15/h3,5-7,9-10,13-14H,2,4,8,11-12H2,1H3,(H,20,22)/t13-,14+/m1/s1. The molecule has 1 fully saturated rings. The summed E-state index contributed by atoms with van der Waals surface area (Å²) in [6, 6.07) is 8.74. The molecule has 0 aliphatic carbocycles. The average molecular weight is 407 g/mol. The Bertz CT molecular complexity index is 935. The van der Waals surface area contributed by atoms with Crippen LogP contribution in [-0.4, -0.2) is 37.9 Å². The van der Waals surface area contributed by atoms with Crippen molar-refractivity contribution in [1.29, 1.82) is 0 Å². The summed E-state index contributed by atoms with van der Waals surface area (Å²) in [6.45, 7) is 3.13. The second kappa shape index (κ2) is 7.35. The third-order valence-electron chi connectivity index (χ3n) is 5.12. The van der Waals surface area contributed by atoms with E-state index in [1.165, 1.54) is 15.6 Å². The fourth-order valence-electron chi connectivity index (χ4n) is 3.54. The number of sulfonamides is 1. The van der Waals surface area contributed by atoms with Gasteiger partial charge in [0.25, 0.3) is 0 Å². The molecule has 27 heavy (non-hydrogen) atoms. The van der Waals surface area contributed by atoms with Crippen LogP contribution in [0, 0.1) is 0 Å². The Morgan fingerprint density at radius 1 is 1.33 bits per heavy atom. The van der Waals surface area contributed by atoms with Crippen LogP contribution in [0.25, 0.3) is 0 Å². The van der Waals surface area contributed by atoms with Crippen molar-refractivity contribution in [2.24, 2.45) is 0 Å². The van der Waals surface area contributed by atoms with Gasteiger partial charge in [0, 0.05) is 30.3 Å². The van der Waals surface area contributed by atoms with Crippen LogP contribution in [0.5, 0.6) is 0 Å². The van der Waals surface area contributed by atoms with Gasteiger partial charge in [-0.2, -0.15) is 4.31 Å². The van der Waals surface area contributed by atoms with Gasteiger partial charge in [0.2, 0.25) is 15.9 Å². The van der Waals surface area contributed by atoms with Gasteiger partial charge in [-0.3, -0.25) is 4.79 Å². The van der Waals surface area contributed by atoms with Crippen LogP contribution in [-0.2, 0) is 26.1 Å². The first kappa shape index (κ1) is 18.6. The highest BCUT2D eigenvalue weighted by Gasteiger charge is 2.32. The lowest BCUT2D eigenvalue weighted by Crippen LogP contribution is -2.36. The molecule has 0 spiro atoms. The number of ether oxygens (including phenoxy) is 1. The maximum absolute atomic E-state index is 13.4. The number of fused-ring (bicyclic) bond motifs is 1. The minimum absolute atomic E-state index is 0.0728. The molecule has 1 aromatic carbocycles. The zero-order valence-electron chi connectivity index (χ0n) is 15.1. The van der Waals surface area contributed by atoms with Crippen LogP contribution in [0.15, 0.2) is 40.6 Å². The summed E-state index contributed by atoms with van der Waals surface area (Å²) < 4.78 is 34.0. The number of hydrogen-bond donors (Lipinski definition) is 1. The molecule has 1 saturated heterocycles. The zero-order valence-corrected chi connectivity index (χ0v) is 16.7. The van der Waals surface area contributed by atoms with E-state index >= 15 is 0 Å². The third kappa shape index (κ3) is 3.67. The number of amides is 1. The molecular weight excluding hydrogens is 384 g/mol. The van der Waals surface area contributed by atoms with Crippen molar-refractivity contribution in [2.75, 3.05) is 18.5 Å². The lowest BCUT2D eigenvalue weighted by molar-refractivity contribution is -0.116. The summed E-state index contributed by atoms with van der Waals surface area (Å²) in [6.07, 6.45) is 1.76. The average Bonchev–Trinajstić information content (AvgIpc) is 3.38. The summed E-state index contributed by atoms with van der Waals surface area (Å²) in [5, 5.41) is 4.73. The number of hydrogen-bond acceptors (Lipinski definition) is 5. The number of carbonyl (C=O) groups excluding carboxylic acids is 1. The van der Waals surface area contributed by atoms with Crippen LogP contribution in [0.3, 0.4) is 0 Å². The number of rotatable bonds is 6. The van der Waals surface area contributed by atoms with E-state index in [1.54, 1.807) is 25.1 Å². The molecule has 0 saturated carbocycles. The molecule has 1 aromatic heterocycles. The van der Waals surface area contributed by atoms with Gasteiger partial charge in [0.05, 0.1) is 16.9 Å². The maximum Gasteiger partial charge on any atom is 0.243 e. The molecule has 0 bridgehead atoms. The van der Waals surface area contributed by atoms with E-state index in [0.717, 1.165) is 23.3 Å². The minimum atomic E-state index is -3.71. The lowest BCUT2D eigenvalue weighted by Gasteiger charge is -2.24. The maximum atomic E-state index is 13.4. The summed E-state index contributed by atoms with van der Waals surface area (Å²) >= 11 is 1.54. The highest BCUT2D eigenvalue weighted by atomic mass is 32.2. The topological polar surface area (TPSA) is 75.7 Å². The Balaban J connectivity index is 1.66. The normalized spacial score (nSPS) is 22.2. The van der Waals surface area contributed by atoms with E-state index < -0.39 is 10.0 Å². The Labute approximate surface area is 163 Å². The Morgan fingerprint density at radius 3 is 2.89 bits per heavy atom. The van der Waals surface area contributed by atoms with E-state index in [9.17, 15) is 13.2 Å². The van der Waals surface area contributed by atoms with E-state index in [-0.39, 0.29) is 22.8 Å². The predicted molar refractivity (Wildman–Crippen MR) is 104 cm³/mol. The molecule has 6 nitrogen and oxygen atoms in total. The van der Waals surface area contributed by atoms with Crippen LogP contribution < -0.4 is 5.32 Å². The third-order valence-corrected chi connectivity index (χ3v) is 7.79. The number of benzene rings is 1. The predicted octanol–water partition coefficient (Wildman–Crippen LogP) is 3.17. The van der Waals surface area contributed by atoms with E-state index in [0.29, 0.717) is 25.4 Å². The Morgan fingerprint density at radius 2 is 2.19 bits per heavy atom.